The van der Waals surface area contributed by atoms with Gasteiger partial charge in [-0.2, -0.15) is 0 Å². The first-order valence-corrected chi connectivity index (χ1v) is 3.82. The minimum absolute atomic E-state index is 0.500. The lowest BCUT2D eigenvalue weighted by Gasteiger charge is -2.36. The lowest BCUT2D eigenvalue weighted by molar-refractivity contribution is -0.124. The van der Waals surface area contributed by atoms with Crippen molar-refractivity contribution >= 4 is 5.78 Å². The number of hydrogen-bond donors (Lipinski definition) is 0. The normalized spacial score (nSPS) is 48.6. The fourth-order valence-electron chi connectivity index (χ4n) is 2.30. The van der Waals surface area contributed by atoms with E-state index < -0.39 is 0 Å². The van der Waals surface area contributed by atoms with Crippen LogP contribution >= 0.6 is 0 Å². The Morgan fingerprint density at radius 3 is 2.78 bits per heavy atom. The quantitative estimate of drug-likeness (QED) is 0.479. The van der Waals surface area contributed by atoms with Gasteiger partial charge in [-0.15, -0.1) is 0 Å². The van der Waals surface area contributed by atoms with Crippen LogP contribution in [0, 0.1) is 17.8 Å². The minimum Gasteiger partial charge on any atom is -0.299 e. The van der Waals surface area contributed by atoms with E-state index in [2.05, 4.69) is 6.92 Å². The van der Waals surface area contributed by atoms with Crippen molar-refractivity contribution in [2.75, 3.05) is 0 Å². The Morgan fingerprint density at radius 2 is 2.33 bits per heavy atom. The van der Waals surface area contributed by atoms with E-state index in [0.717, 1.165) is 18.3 Å². The summed E-state index contributed by atoms with van der Waals surface area (Å²) < 4.78 is 0. The Hall–Kier alpha value is -0.330. The van der Waals surface area contributed by atoms with E-state index in [1.165, 1.54) is 12.8 Å². The van der Waals surface area contributed by atoms with Crippen LogP contribution in [-0.2, 0) is 4.79 Å². The van der Waals surface area contributed by atoms with Crippen LogP contribution in [0.15, 0.2) is 0 Å². The first kappa shape index (κ1) is 5.45. The summed E-state index contributed by atoms with van der Waals surface area (Å²) in [6, 6.07) is 0. The van der Waals surface area contributed by atoms with E-state index in [1.807, 2.05) is 0 Å². The van der Waals surface area contributed by atoms with Crippen LogP contribution in [0.3, 0.4) is 0 Å². The molecule has 0 aromatic heterocycles. The highest BCUT2D eigenvalue weighted by atomic mass is 16.1. The number of ketones is 1. The highest BCUT2D eigenvalue weighted by molar-refractivity contribution is 5.84. The molecule has 2 saturated carbocycles. The van der Waals surface area contributed by atoms with E-state index in [9.17, 15) is 4.79 Å². The highest BCUT2D eigenvalue weighted by Gasteiger charge is 2.46. The van der Waals surface area contributed by atoms with Gasteiger partial charge in [0.2, 0.25) is 0 Å². The van der Waals surface area contributed by atoms with Crippen molar-refractivity contribution in [1.82, 2.24) is 0 Å². The summed E-state index contributed by atoms with van der Waals surface area (Å²) in [5.41, 5.74) is 0. The van der Waals surface area contributed by atoms with Crippen LogP contribution in [0.1, 0.15) is 26.2 Å². The van der Waals surface area contributed by atoms with Gasteiger partial charge in [-0.3, -0.25) is 4.79 Å². The van der Waals surface area contributed by atoms with Crippen molar-refractivity contribution < 1.29 is 4.79 Å². The van der Waals surface area contributed by atoms with Crippen molar-refractivity contribution in [3.05, 3.63) is 0 Å². The van der Waals surface area contributed by atoms with Crippen LogP contribution in [-0.4, -0.2) is 5.78 Å². The monoisotopic (exact) mass is 124 g/mol. The third-order valence-corrected chi connectivity index (χ3v) is 3.01. The van der Waals surface area contributed by atoms with Crippen LogP contribution < -0.4 is 0 Å². The van der Waals surface area contributed by atoms with Gasteiger partial charge in [-0.25, -0.2) is 0 Å². The average molecular weight is 124 g/mol. The van der Waals surface area contributed by atoms with Gasteiger partial charge < -0.3 is 0 Å². The molecule has 0 aromatic carbocycles. The Labute approximate surface area is 55.4 Å². The standard InChI is InChI=1S/C8H12O/c1-5-4-7-6(5)2-3-8(7)9/h5-7H,2-4H2,1H3/t5-,6-,7+/m1/s1. The summed E-state index contributed by atoms with van der Waals surface area (Å²) in [5, 5.41) is 0. The van der Waals surface area contributed by atoms with E-state index in [4.69, 9.17) is 0 Å². The number of fused-ring (bicyclic) bond motifs is 1. The summed E-state index contributed by atoms with van der Waals surface area (Å²) in [5.74, 6) is 2.68. The maximum absolute atomic E-state index is 11.0. The molecule has 2 fully saturated rings. The van der Waals surface area contributed by atoms with Gasteiger partial charge in [0.15, 0.2) is 0 Å². The zero-order valence-corrected chi connectivity index (χ0v) is 5.76. The molecule has 0 amide bonds. The molecule has 0 radical (unpaired) electrons. The van der Waals surface area contributed by atoms with Gasteiger partial charge in [0.25, 0.3) is 0 Å². The largest absolute Gasteiger partial charge is 0.299 e. The SMILES string of the molecule is C[C@@H]1C[C@@H]2C(=O)CC[C@H]12. The van der Waals surface area contributed by atoms with Crippen LogP contribution in [0.5, 0.6) is 0 Å². The Balaban J connectivity index is 2.11. The Kier molecular flexibility index (Phi) is 0.961. The summed E-state index contributed by atoms with van der Waals surface area (Å²) in [6.45, 7) is 2.26. The predicted octanol–water partition coefficient (Wildman–Crippen LogP) is 1.62. The van der Waals surface area contributed by atoms with Crippen molar-refractivity contribution in [3.8, 4) is 0 Å². The molecule has 0 N–H and O–H groups in total. The zero-order valence-electron chi connectivity index (χ0n) is 5.76. The number of hydrogen-bond acceptors (Lipinski definition) is 1. The fraction of sp³-hybridized carbons (Fsp3) is 0.875. The maximum atomic E-state index is 11.0. The third-order valence-electron chi connectivity index (χ3n) is 3.01. The molecule has 0 saturated heterocycles. The topological polar surface area (TPSA) is 17.1 Å². The van der Waals surface area contributed by atoms with Gasteiger partial charge in [0.05, 0.1) is 0 Å². The molecular weight excluding hydrogens is 112 g/mol. The lowest BCUT2D eigenvalue weighted by Crippen LogP contribution is -2.33. The van der Waals surface area contributed by atoms with Crippen LogP contribution in [0.2, 0.25) is 0 Å². The molecule has 50 valence electrons. The lowest BCUT2D eigenvalue weighted by atomic mass is 9.67. The molecule has 0 unspecified atom stereocenters. The highest BCUT2D eigenvalue weighted by Crippen LogP contribution is 2.48. The number of carbonyl (C=O) groups is 1. The van der Waals surface area contributed by atoms with E-state index in [1.54, 1.807) is 0 Å². The number of Topliss-reactive ketones (excluding diaryl/α,β-unsaturated/α-hetero) is 1. The second-order valence-electron chi connectivity index (χ2n) is 3.49. The molecule has 0 spiro atoms. The summed E-state index contributed by atoms with van der Waals surface area (Å²) in [6.07, 6.45) is 3.24. The molecule has 9 heavy (non-hydrogen) atoms. The van der Waals surface area contributed by atoms with Gasteiger partial charge in [0, 0.05) is 12.3 Å². The Morgan fingerprint density at radius 1 is 1.56 bits per heavy atom. The summed E-state index contributed by atoms with van der Waals surface area (Å²) >= 11 is 0. The number of rotatable bonds is 0. The molecule has 3 atom stereocenters. The van der Waals surface area contributed by atoms with Gasteiger partial charge in [-0.05, 0) is 24.7 Å². The molecule has 2 rings (SSSR count). The fourth-order valence-corrected chi connectivity index (χ4v) is 2.30. The summed E-state index contributed by atoms with van der Waals surface area (Å²) in [7, 11) is 0. The van der Waals surface area contributed by atoms with Crippen molar-refractivity contribution in [3.63, 3.8) is 0 Å². The predicted molar refractivity (Wildman–Crippen MR) is 35.0 cm³/mol. The molecule has 2 aliphatic rings. The van der Waals surface area contributed by atoms with Crippen molar-refractivity contribution in [1.29, 1.82) is 0 Å². The molecule has 1 heteroatoms. The van der Waals surface area contributed by atoms with Crippen molar-refractivity contribution in [2.24, 2.45) is 17.8 Å². The smallest absolute Gasteiger partial charge is 0.136 e. The van der Waals surface area contributed by atoms with Gasteiger partial charge >= 0.3 is 0 Å². The Bertz CT molecular complexity index is 151. The molecule has 0 aromatic rings. The van der Waals surface area contributed by atoms with Crippen LogP contribution in [0.25, 0.3) is 0 Å². The van der Waals surface area contributed by atoms with E-state index in [0.29, 0.717) is 11.7 Å². The number of carbonyl (C=O) groups excluding carboxylic acids is 1. The molecule has 0 aliphatic heterocycles. The molecular formula is C8H12O. The van der Waals surface area contributed by atoms with Gasteiger partial charge in [0.1, 0.15) is 5.78 Å². The second kappa shape index (κ2) is 1.59. The summed E-state index contributed by atoms with van der Waals surface area (Å²) in [4.78, 5) is 11.0. The molecule has 2 aliphatic carbocycles. The first-order valence-electron chi connectivity index (χ1n) is 3.82. The first-order chi connectivity index (χ1) is 4.29. The van der Waals surface area contributed by atoms with Crippen LogP contribution in [0.4, 0.5) is 0 Å². The molecule has 0 bridgehead atoms. The van der Waals surface area contributed by atoms with Crippen molar-refractivity contribution in [2.45, 2.75) is 26.2 Å². The zero-order chi connectivity index (χ0) is 6.43. The van der Waals surface area contributed by atoms with E-state index in [-0.39, 0.29) is 0 Å². The molecule has 0 heterocycles. The maximum Gasteiger partial charge on any atom is 0.136 e. The van der Waals surface area contributed by atoms with E-state index >= 15 is 0 Å². The molecule has 1 nitrogen and oxygen atoms in total. The van der Waals surface area contributed by atoms with Gasteiger partial charge in [-0.1, -0.05) is 6.92 Å². The third kappa shape index (κ3) is 0.577. The average Bonchev–Trinajstić information content (AvgIpc) is 2.07. The minimum atomic E-state index is 0.500. The second-order valence-corrected chi connectivity index (χ2v) is 3.49.